The van der Waals surface area contributed by atoms with Gasteiger partial charge in [0.15, 0.2) is 0 Å². The molecule has 15 heavy (non-hydrogen) atoms. The molecule has 1 aliphatic rings. The Kier molecular flexibility index (Phi) is 7.03. The van der Waals surface area contributed by atoms with Gasteiger partial charge in [0.05, 0.1) is 0 Å². The van der Waals surface area contributed by atoms with Gasteiger partial charge in [-0.1, -0.05) is 13.8 Å². The molecule has 2 nitrogen and oxygen atoms in total. The summed E-state index contributed by atoms with van der Waals surface area (Å²) in [7, 11) is 0. The zero-order valence-electron chi connectivity index (χ0n) is 10.6. The van der Waals surface area contributed by atoms with Crippen LogP contribution in [0.1, 0.15) is 46.0 Å². The van der Waals surface area contributed by atoms with E-state index in [1.807, 2.05) is 0 Å². The van der Waals surface area contributed by atoms with Crippen molar-refractivity contribution < 1.29 is 0 Å². The number of hydrogen-bond acceptors (Lipinski definition) is 2. The van der Waals surface area contributed by atoms with Crippen LogP contribution in [0, 0.1) is 5.92 Å². The van der Waals surface area contributed by atoms with Gasteiger partial charge < -0.3 is 10.2 Å². The topological polar surface area (TPSA) is 15.3 Å². The van der Waals surface area contributed by atoms with Crippen LogP contribution >= 0.6 is 0 Å². The Bertz CT molecular complexity index is 135. The van der Waals surface area contributed by atoms with E-state index in [2.05, 4.69) is 24.1 Å². The molecule has 2 heteroatoms. The molecule has 1 rings (SSSR count). The highest BCUT2D eigenvalue weighted by molar-refractivity contribution is 4.70. The highest BCUT2D eigenvalue weighted by Gasteiger charge is 2.13. The molecule has 0 amide bonds. The average Bonchev–Trinajstić information content (AvgIpc) is 2.28. The minimum Gasteiger partial charge on any atom is -0.317 e. The van der Waals surface area contributed by atoms with Crippen molar-refractivity contribution in [2.24, 2.45) is 5.92 Å². The van der Waals surface area contributed by atoms with E-state index in [0.717, 1.165) is 5.92 Å². The third-order valence-electron chi connectivity index (χ3n) is 3.39. The Hall–Kier alpha value is -0.0800. The molecule has 0 bridgehead atoms. The van der Waals surface area contributed by atoms with Crippen molar-refractivity contribution in [3.05, 3.63) is 0 Å². The summed E-state index contributed by atoms with van der Waals surface area (Å²) in [4.78, 5) is 2.64. The molecule has 0 saturated carbocycles. The van der Waals surface area contributed by atoms with Gasteiger partial charge in [0.2, 0.25) is 0 Å². The van der Waals surface area contributed by atoms with Gasteiger partial charge in [-0.2, -0.15) is 0 Å². The van der Waals surface area contributed by atoms with Crippen LogP contribution in [0.15, 0.2) is 0 Å². The number of hydrogen-bond donors (Lipinski definition) is 1. The maximum absolute atomic E-state index is 3.44. The van der Waals surface area contributed by atoms with Gasteiger partial charge >= 0.3 is 0 Å². The molecule has 1 saturated heterocycles. The van der Waals surface area contributed by atoms with Crippen molar-refractivity contribution in [1.82, 2.24) is 10.2 Å². The molecule has 1 N–H and O–H groups in total. The van der Waals surface area contributed by atoms with Gasteiger partial charge in [0.25, 0.3) is 0 Å². The molecule has 0 spiro atoms. The molecule has 0 aromatic rings. The number of nitrogens with one attached hydrogen (secondary N) is 1. The first kappa shape index (κ1) is 13.0. The van der Waals surface area contributed by atoms with Crippen LogP contribution in [-0.2, 0) is 0 Å². The van der Waals surface area contributed by atoms with Crippen LogP contribution in [0.5, 0.6) is 0 Å². The quantitative estimate of drug-likeness (QED) is 0.697. The highest BCUT2D eigenvalue weighted by Crippen LogP contribution is 2.16. The van der Waals surface area contributed by atoms with Gasteiger partial charge in [0, 0.05) is 0 Å². The fraction of sp³-hybridized carbons (Fsp3) is 1.00. The summed E-state index contributed by atoms with van der Waals surface area (Å²) in [5.74, 6) is 0.988. The lowest BCUT2D eigenvalue weighted by Gasteiger charge is -2.27. The Balaban J connectivity index is 2.13. The van der Waals surface area contributed by atoms with E-state index in [1.54, 1.807) is 0 Å². The van der Waals surface area contributed by atoms with E-state index >= 15 is 0 Å². The molecule has 1 aliphatic heterocycles. The monoisotopic (exact) mass is 212 g/mol. The molecule has 1 fully saturated rings. The van der Waals surface area contributed by atoms with Gasteiger partial charge in [-0.05, 0) is 70.7 Å². The molecule has 0 unspecified atom stereocenters. The predicted octanol–water partition coefficient (Wildman–Crippen LogP) is 2.50. The molecule has 0 atom stereocenters. The molecular weight excluding hydrogens is 184 g/mol. The van der Waals surface area contributed by atoms with E-state index in [0.29, 0.717) is 0 Å². The van der Waals surface area contributed by atoms with Gasteiger partial charge in [-0.25, -0.2) is 0 Å². The smallest absolute Gasteiger partial charge is 0.00161 e. The minimum atomic E-state index is 0.988. The SMILES string of the molecule is CCCN(CCC)CCC1CCNCC1. The number of piperidine rings is 1. The standard InChI is InChI=1S/C13H28N2/c1-3-10-15(11-4-2)12-7-13-5-8-14-9-6-13/h13-14H,3-12H2,1-2H3. The second-order valence-electron chi connectivity index (χ2n) is 4.82. The van der Waals surface area contributed by atoms with E-state index in [4.69, 9.17) is 0 Å². The zero-order chi connectivity index (χ0) is 10.9. The first-order valence-electron chi connectivity index (χ1n) is 6.79. The molecule has 0 aromatic heterocycles. The van der Waals surface area contributed by atoms with Crippen LogP contribution in [0.4, 0.5) is 0 Å². The molecule has 90 valence electrons. The summed E-state index contributed by atoms with van der Waals surface area (Å²) in [6.45, 7) is 11.0. The van der Waals surface area contributed by atoms with Crippen molar-refractivity contribution in [3.63, 3.8) is 0 Å². The maximum atomic E-state index is 3.44. The molecule has 0 aliphatic carbocycles. The van der Waals surface area contributed by atoms with Crippen LogP contribution in [0.3, 0.4) is 0 Å². The lowest BCUT2D eigenvalue weighted by atomic mass is 9.94. The van der Waals surface area contributed by atoms with Crippen molar-refractivity contribution in [1.29, 1.82) is 0 Å². The first-order chi connectivity index (χ1) is 7.36. The second-order valence-corrected chi connectivity index (χ2v) is 4.82. The summed E-state index contributed by atoms with van der Waals surface area (Å²) >= 11 is 0. The molecule has 0 radical (unpaired) electrons. The van der Waals surface area contributed by atoms with Gasteiger partial charge in [-0.3, -0.25) is 0 Å². The van der Waals surface area contributed by atoms with Crippen molar-refractivity contribution in [2.45, 2.75) is 46.0 Å². The largest absolute Gasteiger partial charge is 0.317 e. The van der Waals surface area contributed by atoms with Gasteiger partial charge in [0.1, 0.15) is 0 Å². The van der Waals surface area contributed by atoms with E-state index in [1.165, 1.54) is 64.8 Å². The Morgan fingerprint density at radius 2 is 1.60 bits per heavy atom. The highest BCUT2D eigenvalue weighted by atomic mass is 15.1. The predicted molar refractivity (Wildman–Crippen MR) is 67.2 cm³/mol. The fourth-order valence-corrected chi connectivity index (χ4v) is 2.50. The van der Waals surface area contributed by atoms with Gasteiger partial charge in [-0.15, -0.1) is 0 Å². The van der Waals surface area contributed by atoms with E-state index in [-0.39, 0.29) is 0 Å². The van der Waals surface area contributed by atoms with Crippen molar-refractivity contribution in [3.8, 4) is 0 Å². The third kappa shape index (κ3) is 5.53. The van der Waals surface area contributed by atoms with E-state index < -0.39 is 0 Å². The Morgan fingerprint density at radius 1 is 1.00 bits per heavy atom. The molecular formula is C13H28N2. The lowest BCUT2D eigenvalue weighted by Crippen LogP contribution is -2.32. The number of nitrogens with zero attached hydrogens (tertiary/aromatic N) is 1. The van der Waals surface area contributed by atoms with Crippen LogP contribution in [0.25, 0.3) is 0 Å². The van der Waals surface area contributed by atoms with Crippen molar-refractivity contribution >= 4 is 0 Å². The summed E-state index contributed by atoms with van der Waals surface area (Å²) in [6.07, 6.45) is 6.80. The summed E-state index contributed by atoms with van der Waals surface area (Å²) in [5, 5.41) is 3.44. The summed E-state index contributed by atoms with van der Waals surface area (Å²) < 4.78 is 0. The maximum Gasteiger partial charge on any atom is -0.00161 e. The number of rotatable bonds is 7. The zero-order valence-corrected chi connectivity index (χ0v) is 10.6. The summed E-state index contributed by atoms with van der Waals surface area (Å²) in [5.41, 5.74) is 0. The van der Waals surface area contributed by atoms with Crippen LogP contribution < -0.4 is 5.32 Å². The Labute approximate surface area is 95.4 Å². The van der Waals surface area contributed by atoms with Crippen molar-refractivity contribution in [2.75, 3.05) is 32.7 Å². The Morgan fingerprint density at radius 3 is 2.13 bits per heavy atom. The van der Waals surface area contributed by atoms with Crippen LogP contribution in [-0.4, -0.2) is 37.6 Å². The minimum absolute atomic E-state index is 0.988. The third-order valence-corrected chi connectivity index (χ3v) is 3.39. The molecule has 1 heterocycles. The average molecular weight is 212 g/mol. The summed E-state index contributed by atoms with van der Waals surface area (Å²) in [6, 6.07) is 0. The van der Waals surface area contributed by atoms with E-state index in [9.17, 15) is 0 Å². The fourth-order valence-electron chi connectivity index (χ4n) is 2.50. The second kappa shape index (κ2) is 8.12. The normalized spacial score (nSPS) is 18.6. The van der Waals surface area contributed by atoms with Crippen LogP contribution in [0.2, 0.25) is 0 Å². The first-order valence-corrected chi connectivity index (χ1v) is 6.79. The lowest BCUT2D eigenvalue weighted by molar-refractivity contribution is 0.235. The molecule has 0 aromatic carbocycles.